The number of rotatable bonds is 11. The molecule has 2 amide bonds. The van der Waals surface area contributed by atoms with Crippen molar-refractivity contribution in [3.05, 3.63) is 77.4 Å². The molecule has 0 aromatic heterocycles. The highest BCUT2D eigenvalue weighted by molar-refractivity contribution is 5.99. The van der Waals surface area contributed by atoms with E-state index in [-0.39, 0.29) is 5.91 Å². The summed E-state index contributed by atoms with van der Waals surface area (Å²) in [5.74, 6) is 0.108. The van der Waals surface area contributed by atoms with Gasteiger partial charge in [-0.25, -0.2) is 0 Å². The lowest BCUT2D eigenvalue weighted by atomic mass is 10.0. The number of amides is 2. The molecule has 35 heavy (non-hydrogen) atoms. The van der Waals surface area contributed by atoms with Crippen LogP contribution in [0.25, 0.3) is 6.08 Å². The van der Waals surface area contributed by atoms with E-state index in [1.807, 2.05) is 25.2 Å². The molecule has 0 saturated carbocycles. The second-order valence-electron chi connectivity index (χ2n) is 8.59. The average molecular weight is 488 g/mol. The van der Waals surface area contributed by atoms with Gasteiger partial charge in [-0.1, -0.05) is 44.2 Å². The Bertz CT molecular complexity index is 1040. The van der Waals surface area contributed by atoms with Crippen LogP contribution in [-0.2, 0) is 22.2 Å². The number of halogens is 3. The summed E-state index contributed by atoms with van der Waals surface area (Å²) < 4.78 is 37.9. The Hall–Kier alpha value is -3.55. The van der Waals surface area contributed by atoms with E-state index in [4.69, 9.17) is 0 Å². The highest BCUT2D eigenvalue weighted by atomic mass is 19.4. The molecular formula is C27H32F3N3O2. The predicted molar refractivity (Wildman–Crippen MR) is 135 cm³/mol. The lowest BCUT2D eigenvalue weighted by molar-refractivity contribution is -0.137. The summed E-state index contributed by atoms with van der Waals surface area (Å²) in [5.41, 5.74) is 2.54. The maximum atomic E-state index is 12.6. The molecular weight excluding hydrogens is 455 g/mol. The predicted octanol–water partition coefficient (Wildman–Crippen LogP) is 5.68. The van der Waals surface area contributed by atoms with Gasteiger partial charge in [-0.2, -0.15) is 13.2 Å². The van der Waals surface area contributed by atoms with Gasteiger partial charge in [-0.15, -0.1) is 0 Å². The number of benzene rings is 2. The Morgan fingerprint density at radius 2 is 1.74 bits per heavy atom. The standard InChI is InChI=1S/C27H32F3N3O2/c1-19(2)20(3)33(4)25-14-13-24(17-22(25)15-16-31-18-34)32-26(35)8-6-5-7-21-9-11-23(12-10-21)27(28,29)30/h5-14,17-20H,15-16H2,1-4H3,(H,31,34)(H,32,35)/b7-5+,8-6+. The van der Waals surface area contributed by atoms with Crippen LogP contribution in [0.5, 0.6) is 0 Å². The highest BCUT2D eigenvalue weighted by Gasteiger charge is 2.29. The fraction of sp³-hybridized carbons (Fsp3) is 0.333. The van der Waals surface area contributed by atoms with E-state index < -0.39 is 11.7 Å². The Morgan fingerprint density at radius 1 is 1.06 bits per heavy atom. The van der Waals surface area contributed by atoms with Crippen molar-refractivity contribution in [2.75, 3.05) is 23.8 Å². The summed E-state index contributed by atoms with van der Waals surface area (Å²) in [6.45, 7) is 6.94. The van der Waals surface area contributed by atoms with Gasteiger partial charge in [0.25, 0.3) is 0 Å². The third-order valence-electron chi connectivity index (χ3n) is 5.81. The first kappa shape index (κ1) is 27.7. The molecule has 2 aromatic carbocycles. The van der Waals surface area contributed by atoms with Crippen LogP contribution in [0, 0.1) is 5.92 Å². The first-order valence-corrected chi connectivity index (χ1v) is 11.4. The summed E-state index contributed by atoms with van der Waals surface area (Å²) in [5, 5.41) is 5.49. The average Bonchev–Trinajstić information content (AvgIpc) is 2.81. The molecule has 0 saturated heterocycles. The topological polar surface area (TPSA) is 61.4 Å². The molecule has 2 aromatic rings. The third kappa shape index (κ3) is 8.63. The second-order valence-corrected chi connectivity index (χ2v) is 8.59. The fourth-order valence-electron chi connectivity index (χ4n) is 3.42. The molecule has 0 fully saturated rings. The van der Waals surface area contributed by atoms with Crippen molar-refractivity contribution in [2.45, 2.75) is 39.4 Å². The number of nitrogens with zero attached hydrogens (tertiary/aromatic N) is 1. The Balaban J connectivity index is 2.07. The number of hydrogen-bond donors (Lipinski definition) is 2. The van der Waals surface area contributed by atoms with Crippen molar-refractivity contribution in [1.82, 2.24) is 5.32 Å². The molecule has 2 rings (SSSR count). The minimum atomic E-state index is -4.37. The van der Waals surface area contributed by atoms with Crippen molar-refractivity contribution < 1.29 is 22.8 Å². The van der Waals surface area contributed by atoms with Gasteiger partial charge in [0.05, 0.1) is 5.56 Å². The molecule has 0 spiro atoms. The highest BCUT2D eigenvalue weighted by Crippen LogP contribution is 2.29. The normalized spacial score (nSPS) is 12.8. The number of hydrogen-bond acceptors (Lipinski definition) is 3. The molecule has 2 N–H and O–H groups in total. The number of nitrogens with one attached hydrogen (secondary N) is 2. The third-order valence-corrected chi connectivity index (χ3v) is 5.81. The van der Waals surface area contributed by atoms with E-state index in [1.54, 1.807) is 12.2 Å². The van der Waals surface area contributed by atoms with Gasteiger partial charge in [0.1, 0.15) is 0 Å². The number of carbonyl (C=O) groups excluding carboxylic acids is 2. The molecule has 0 bridgehead atoms. The first-order chi connectivity index (χ1) is 16.5. The molecule has 0 aliphatic carbocycles. The Kier molecular flexibility index (Phi) is 10.1. The molecule has 0 aliphatic rings. The van der Waals surface area contributed by atoms with Gasteiger partial charge in [0.15, 0.2) is 0 Å². The molecule has 0 heterocycles. The van der Waals surface area contributed by atoms with E-state index in [0.717, 1.165) is 23.4 Å². The number of alkyl halides is 3. The number of carbonyl (C=O) groups is 2. The maximum Gasteiger partial charge on any atom is 0.416 e. The molecule has 1 atom stereocenters. The zero-order chi connectivity index (χ0) is 26.0. The van der Waals surface area contributed by atoms with Gasteiger partial charge in [0, 0.05) is 37.1 Å². The second kappa shape index (κ2) is 12.8. The SMILES string of the molecule is CC(C)C(C)N(C)c1ccc(NC(=O)/C=C/C=C/c2ccc(C(F)(F)F)cc2)cc1CCNC=O. The fourth-order valence-corrected chi connectivity index (χ4v) is 3.42. The Morgan fingerprint density at radius 3 is 2.34 bits per heavy atom. The first-order valence-electron chi connectivity index (χ1n) is 11.4. The summed E-state index contributed by atoms with van der Waals surface area (Å²) in [6, 6.07) is 10.8. The van der Waals surface area contributed by atoms with Crippen LogP contribution in [0.4, 0.5) is 24.5 Å². The van der Waals surface area contributed by atoms with Crippen molar-refractivity contribution >= 4 is 29.8 Å². The van der Waals surface area contributed by atoms with Gasteiger partial charge in [-0.3, -0.25) is 9.59 Å². The quantitative estimate of drug-likeness (QED) is 0.185. The summed E-state index contributed by atoms with van der Waals surface area (Å²) in [7, 11) is 2.03. The van der Waals surface area contributed by atoms with Crippen LogP contribution in [0.15, 0.2) is 60.7 Å². The summed E-state index contributed by atoms with van der Waals surface area (Å²) in [6.07, 6.45) is 2.97. The van der Waals surface area contributed by atoms with Gasteiger partial charge in [0.2, 0.25) is 12.3 Å². The smallest absolute Gasteiger partial charge is 0.371 e. The molecule has 8 heteroatoms. The largest absolute Gasteiger partial charge is 0.416 e. The summed E-state index contributed by atoms with van der Waals surface area (Å²) in [4.78, 5) is 25.2. The van der Waals surface area contributed by atoms with Crippen molar-refractivity contribution in [2.24, 2.45) is 5.92 Å². The maximum absolute atomic E-state index is 12.6. The molecule has 0 radical (unpaired) electrons. The zero-order valence-corrected chi connectivity index (χ0v) is 20.4. The number of anilines is 2. The van der Waals surface area contributed by atoms with Crippen molar-refractivity contribution in [1.29, 1.82) is 0 Å². The van der Waals surface area contributed by atoms with E-state index in [1.165, 1.54) is 24.3 Å². The van der Waals surface area contributed by atoms with E-state index in [0.29, 0.717) is 42.6 Å². The van der Waals surface area contributed by atoms with Crippen LogP contribution in [0.1, 0.15) is 37.5 Å². The van der Waals surface area contributed by atoms with E-state index >= 15 is 0 Å². The molecule has 188 valence electrons. The van der Waals surface area contributed by atoms with Crippen LogP contribution in [0.2, 0.25) is 0 Å². The van der Waals surface area contributed by atoms with Crippen LogP contribution >= 0.6 is 0 Å². The van der Waals surface area contributed by atoms with Gasteiger partial charge < -0.3 is 15.5 Å². The van der Waals surface area contributed by atoms with Crippen LogP contribution in [-0.4, -0.2) is 32.0 Å². The van der Waals surface area contributed by atoms with Crippen LogP contribution < -0.4 is 15.5 Å². The van der Waals surface area contributed by atoms with Crippen molar-refractivity contribution in [3.8, 4) is 0 Å². The minimum Gasteiger partial charge on any atom is -0.371 e. The number of allylic oxidation sites excluding steroid dienone is 2. The lowest BCUT2D eigenvalue weighted by Gasteiger charge is -2.32. The van der Waals surface area contributed by atoms with E-state index in [2.05, 4.69) is 36.3 Å². The molecule has 5 nitrogen and oxygen atoms in total. The van der Waals surface area contributed by atoms with Crippen LogP contribution in [0.3, 0.4) is 0 Å². The summed E-state index contributed by atoms with van der Waals surface area (Å²) >= 11 is 0. The zero-order valence-electron chi connectivity index (χ0n) is 20.4. The van der Waals surface area contributed by atoms with Gasteiger partial charge >= 0.3 is 6.18 Å². The van der Waals surface area contributed by atoms with Crippen molar-refractivity contribution in [3.63, 3.8) is 0 Å². The lowest BCUT2D eigenvalue weighted by Crippen LogP contribution is -2.34. The monoisotopic (exact) mass is 487 g/mol. The Labute approximate surface area is 204 Å². The van der Waals surface area contributed by atoms with Gasteiger partial charge in [-0.05, 0) is 60.7 Å². The molecule has 0 aliphatic heterocycles. The van der Waals surface area contributed by atoms with E-state index in [9.17, 15) is 22.8 Å². The minimum absolute atomic E-state index is 0.299. The molecule has 1 unspecified atom stereocenters.